The zero-order chi connectivity index (χ0) is 20.0. The topological polar surface area (TPSA) is 120 Å². The number of halogens is 1. The first-order valence-corrected chi connectivity index (χ1v) is 8.51. The molecule has 0 aliphatic carbocycles. The van der Waals surface area contributed by atoms with Crippen molar-refractivity contribution in [3.8, 4) is 16.9 Å². The minimum absolute atomic E-state index is 0.258. The summed E-state index contributed by atoms with van der Waals surface area (Å²) < 4.78 is 1.56. The van der Waals surface area contributed by atoms with Gasteiger partial charge in [0, 0.05) is 6.07 Å². The first kappa shape index (κ1) is 17.7. The zero-order valence-corrected chi connectivity index (χ0v) is 15.2. The second kappa shape index (κ2) is 6.46. The third kappa shape index (κ3) is 2.78. The summed E-state index contributed by atoms with van der Waals surface area (Å²) in [5.74, 6) is 0. The summed E-state index contributed by atoms with van der Waals surface area (Å²) in [6.45, 7) is 1.77. The van der Waals surface area contributed by atoms with E-state index in [4.69, 9.17) is 11.6 Å². The van der Waals surface area contributed by atoms with Gasteiger partial charge in [-0.2, -0.15) is 5.10 Å². The summed E-state index contributed by atoms with van der Waals surface area (Å²) in [5.41, 5.74) is 1.99. The minimum Gasteiger partial charge on any atom is -0.354 e. The van der Waals surface area contributed by atoms with Gasteiger partial charge in [-0.25, -0.2) is 4.68 Å². The van der Waals surface area contributed by atoms with Gasteiger partial charge in [0.05, 0.1) is 49.5 Å². The lowest BCUT2D eigenvalue weighted by Crippen LogP contribution is -1.95. The fraction of sp³-hybridized carbons (Fsp3) is 0.0556. The molecule has 4 rings (SSSR count). The van der Waals surface area contributed by atoms with E-state index in [1.54, 1.807) is 17.7 Å². The molecule has 0 spiro atoms. The summed E-state index contributed by atoms with van der Waals surface area (Å²) in [4.78, 5) is 24.2. The predicted molar refractivity (Wildman–Crippen MR) is 104 cm³/mol. The SMILES string of the molecule is Cc1nn(-c2ccccc2)c(Cl)c1-c1cc2c([N+](=O)[O-])cc([N+](=O)[O-])cc2[nH]1. The molecule has 28 heavy (non-hydrogen) atoms. The molecule has 0 radical (unpaired) electrons. The highest BCUT2D eigenvalue weighted by Gasteiger charge is 2.24. The van der Waals surface area contributed by atoms with Crippen molar-refractivity contribution in [1.29, 1.82) is 0 Å². The summed E-state index contributed by atoms with van der Waals surface area (Å²) in [6.07, 6.45) is 0. The van der Waals surface area contributed by atoms with E-state index in [2.05, 4.69) is 10.1 Å². The lowest BCUT2D eigenvalue weighted by atomic mass is 10.1. The van der Waals surface area contributed by atoms with E-state index in [9.17, 15) is 20.2 Å². The van der Waals surface area contributed by atoms with Crippen molar-refractivity contribution >= 4 is 33.9 Å². The fourth-order valence-corrected chi connectivity index (χ4v) is 3.51. The van der Waals surface area contributed by atoms with Gasteiger partial charge in [-0.05, 0) is 25.1 Å². The van der Waals surface area contributed by atoms with E-state index in [1.165, 1.54) is 6.07 Å². The molecular weight excluding hydrogens is 386 g/mol. The first-order valence-electron chi connectivity index (χ1n) is 8.13. The molecule has 0 bridgehead atoms. The molecule has 0 unspecified atom stereocenters. The van der Waals surface area contributed by atoms with E-state index >= 15 is 0 Å². The molecule has 2 heterocycles. The number of nitrogens with one attached hydrogen (secondary N) is 1. The van der Waals surface area contributed by atoms with E-state index in [-0.39, 0.29) is 22.3 Å². The number of rotatable bonds is 4. The summed E-state index contributed by atoms with van der Waals surface area (Å²) in [7, 11) is 0. The average molecular weight is 398 g/mol. The lowest BCUT2D eigenvalue weighted by molar-refractivity contribution is -0.393. The molecule has 0 saturated carbocycles. The van der Waals surface area contributed by atoms with E-state index < -0.39 is 9.85 Å². The molecule has 140 valence electrons. The average Bonchev–Trinajstić information content (AvgIpc) is 3.21. The van der Waals surface area contributed by atoms with Crippen LogP contribution in [-0.2, 0) is 0 Å². The van der Waals surface area contributed by atoms with Crippen molar-refractivity contribution in [3.63, 3.8) is 0 Å². The Morgan fingerprint density at radius 2 is 1.79 bits per heavy atom. The van der Waals surface area contributed by atoms with Gasteiger partial charge in [0.1, 0.15) is 5.15 Å². The van der Waals surface area contributed by atoms with Gasteiger partial charge in [-0.15, -0.1) is 0 Å². The number of aryl methyl sites for hydroxylation is 1. The third-order valence-electron chi connectivity index (χ3n) is 4.38. The van der Waals surface area contributed by atoms with Gasteiger partial charge in [0.25, 0.3) is 11.4 Å². The largest absolute Gasteiger partial charge is 0.354 e. The molecular formula is C18H12ClN5O4. The highest BCUT2D eigenvalue weighted by atomic mass is 35.5. The molecule has 0 aliphatic rings. The number of nitro groups is 2. The van der Waals surface area contributed by atoms with Crippen LogP contribution in [0, 0.1) is 27.2 Å². The number of nitro benzene ring substituents is 2. The lowest BCUT2D eigenvalue weighted by Gasteiger charge is -2.02. The number of aromatic amines is 1. The first-order chi connectivity index (χ1) is 13.4. The molecule has 9 nitrogen and oxygen atoms in total. The number of para-hydroxylation sites is 1. The highest BCUT2D eigenvalue weighted by molar-refractivity contribution is 6.32. The number of H-pyrrole nitrogens is 1. The maximum atomic E-state index is 11.4. The number of non-ortho nitro benzene ring substituents is 2. The Labute approximate surface area is 162 Å². The van der Waals surface area contributed by atoms with Crippen molar-refractivity contribution in [1.82, 2.24) is 14.8 Å². The fourth-order valence-electron chi connectivity index (χ4n) is 3.14. The molecule has 4 aromatic rings. The number of hydrogen-bond donors (Lipinski definition) is 1. The van der Waals surface area contributed by atoms with Crippen LogP contribution >= 0.6 is 11.6 Å². The smallest absolute Gasteiger partial charge is 0.285 e. The van der Waals surface area contributed by atoms with E-state index in [1.807, 2.05) is 30.3 Å². The Hall–Kier alpha value is -3.72. The summed E-state index contributed by atoms with van der Waals surface area (Å²) in [6, 6.07) is 13.0. The van der Waals surface area contributed by atoms with Gasteiger partial charge in [0.2, 0.25) is 0 Å². The van der Waals surface area contributed by atoms with E-state index in [0.717, 1.165) is 11.8 Å². The van der Waals surface area contributed by atoms with Crippen LogP contribution in [0.1, 0.15) is 5.69 Å². The normalized spacial score (nSPS) is 11.1. The van der Waals surface area contributed by atoms with Gasteiger partial charge >= 0.3 is 0 Å². The number of fused-ring (bicyclic) bond motifs is 1. The number of aromatic nitrogens is 3. The second-order valence-electron chi connectivity index (χ2n) is 6.12. The molecule has 10 heteroatoms. The Balaban J connectivity index is 1.93. The van der Waals surface area contributed by atoms with Crippen LogP contribution in [0.2, 0.25) is 5.15 Å². The monoisotopic (exact) mass is 397 g/mol. The standard InChI is InChI=1S/C18H12ClN5O4/c1-10-17(18(19)22(21-10)11-5-3-2-4-6-11)15-9-13-14(20-15)7-12(23(25)26)8-16(13)24(27)28/h2-9,20H,1H3. The molecule has 0 amide bonds. The van der Waals surface area contributed by atoms with Crippen LogP contribution in [0.4, 0.5) is 11.4 Å². The van der Waals surface area contributed by atoms with Crippen LogP contribution in [0.5, 0.6) is 0 Å². The van der Waals surface area contributed by atoms with Crippen LogP contribution in [-0.4, -0.2) is 24.6 Å². The minimum atomic E-state index is -0.668. The Bertz CT molecular complexity index is 1250. The Morgan fingerprint density at radius 3 is 2.43 bits per heavy atom. The predicted octanol–water partition coefficient (Wildman–Crippen LogP) is 4.80. The quantitative estimate of drug-likeness (QED) is 0.391. The molecule has 2 aromatic carbocycles. The van der Waals surface area contributed by atoms with Gasteiger partial charge < -0.3 is 4.98 Å². The van der Waals surface area contributed by atoms with Crippen molar-refractivity contribution in [2.45, 2.75) is 6.92 Å². The number of benzene rings is 2. The maximum Gasteiger partial charge on any atom is 0.285 e. The molecule has 0 fully saturated rings. The maximum absolute atomic E-state index is 11.4. The van der Waals surface area contributed by atoms with Crippen molar-refractivity contribution in [2.24, 2.45) is 0 Å². The van der Waals surface area contributed by atoms with Crippen molar-refractivity contribution in [2.75, 3.05) is 0 Å². The Kier molecular flexibility index (Phi) is 4.08. The second-order valence-corrected chi connectivity index (χ2v) is 6.48. The number of nitrogens with zero attached hydrogens (tertiary/aromatic N) is 4. The molecule has 1 N–H and O–H groups in total. The van der Waals surface area contributed by atoms with Crippen molar-refractivity contribution < 1.29 is 9.85 Å². The molecule has 0 atom stereocenters. The van der Waals surface area contributed by atoms with Gasteiger partial charge in [0.15, 0.2) is 0 Å². The van der Waals surface area contributed by atoms with Crippen LogP contribution in [0.15, 0.2) is 48.5 Å². The Morgan fingerprint density at radius 1 is 1.07 bits per heavy atom. The van der Waals surface area contributed by atoms with Crippen molar-refractivity contribution in [3.05, 3.63) is 79.6 Å². The van der Waals surface area contributed by atoms with Gasteiger partial charge in [-0.3, -0.25) is 20.2 Å². The summed E-state index contributed by atoms with van der Waals surface area (Å²) in [5, 5.41) is 27.5. The van der Waals surface area contributed by atoms with Crippen LogP contribution in [0.3, 0.4) is 0 Å². The van der Waals surface area contributed by atoms with Crippen LogP contribution < -0.4 is 0 Å². The summed E-state index contributed by atoms with van der Waals surface area (Å²) >= 11 is 6.55. The highest BCUT2D eigenvalue weighted by Crippen LogP contribution is 2.38. The number of hydrogen-bond acceptors (Lipinski definition) is 5. The van der Waals surface area contributed by atoms with Crippen LogP contribution in [0.25, 0.3) is 27.8 Å². The zero-order valence-electron chi connectivity index (χ0n) is 14.4. The van der Waals surface area contributed by atoms with E-state index in [0.29, 0.717) is 22.1 Å². The molecule has 0 aliphatic heterocycles. The molecule has 0 saturated heterocycles. The molecule has 2 aromatic heterocycles. The third-order valence-corrected chi connectivity index (χ3v) is 4.73. The van der Waals surface area contributed by atoms with Gasteiger partial charge in [-0.1, -0.05) is 29.8 Å².